The molecule has 1 aliphatic rings. The largest absolute Gasteiger partial charge is 0.494 e. The summed E-state index contributed by atoms with van der Waals surface area (Å²) in [6.45, 7) is 7.27. The summed E-state index contributed by atoms with van der Waals surface area (Å²) in [6, 6.07) is 7.93. The number of nitrogens with two attached hydrogens (primary N) is 1. The molecule has 0 bridgehead atoms. The number of hydrogen-bond acceptors (Lipinski definition) is 3. The van der Waals surface area contributed by atoms with Crippen LogP contribution in [-0.2, 0) is 0 Å². The van der Waals surface area contributed by atoms with Crippen LogP contribution in [0.15, 0.2) is 24.3 Å². The molecule has 0 aliphatic heterocycles. The summed E-state index contributed by atoms with van der Waals surface area (Å²) in [5.74, 6) is 1.77. The van der Waals surface area contributed by atoms with Gasteiger partial charge in [0.1, 0.15) is 17.6 Å². The molecule has 0 spiro atoms. The van der Waals surface area contributed by atoms with Gasteiger partial charge in [0.2, 0.25) is 0 Å². The summed E-state index contributed by atoms with van der Waals surface area (Å²) >= 11 is 0. The number of hydrogen-bond donors (Lipinski definition) is 1. The maximum atomic E-state index is 6.25. The van der Waals surface area contributed by atoms with E-state index in [1.165, 1.54) is 0 Å². The van der Waals surface area contributed by atoms with Gasteiger partial charge in [-0.1, -0.05) is 20.8 Å². The van der Waals surface area contributed by atoms with Crippen molar-refractivity contribution in [2.75, 3.05) is 6.61 Å². The van der Waals surface area contributed by atoms with Crippen LogP contribution in [0.2, 0.25) is 0 Å². The second-order valence-electron chi connectivity index (χ2n) is 6.03. The predicted molar refractivity (Wildman–Crippen MR) is 77.6 cm³/mol. The Balaban J connectivity index is 1.93. The molecule has 106 valence electrons. The van der Waals surface area contributed by atoms with Crippen LogP contribution >= 0.6 is 0 Å². The van der Waals surface area contributed by atoms with Crippen molar-refractivity contribution in [3.63, 3.8) is 0 Å². The van der Waals surface area contributed by atoms with E-state index >= 15 is 0 Å². The quantitative estimate of drug-likeness (QED) is 0.885. The van der Waals surface area contributed by atoms with Crippen molar-refractivity contribution < 1.29 is 9.47 Å². The zero-order chi connectivity index (χ0) is 13.9. The van der Waals surface area contributed by atoms with Gasteiger partial charge in [0.15, 0.2) is 0 Å². The SMILES string of the molecule is CCCOc1ccc(OC2CCC(C)(C)C2N)cc1. The third-order valence-electron chi connectivity index (χ3n) is 3.96. The van der Waals surface area contributed by atoms with Crippen molar-refractivity contribution in [2.45, 2.75) is 52.2 Å². The second-order valence-corrected chi connectivity index (χ2v) is 6.03. The molecule has 19 heavy (non-hydrogen) atoms. The first-order valence-corrected chi connectivity index (χ1v) is 7.18. The zero-order valence-corrected chi connectivity index (χ0v) is 12.2. The Hall–Kier alpha value is -1.22. The number of rotatable bonds is 5. The normalized spacial score (nSPS) is 25.3. The fraction of sp³-hybridized carbons (Fsp3) is 0.625. The molecule has 0 radical (unpaired) electrons. The van der Waals surface area contributed by atoms with Crippen LogP contribution in [0, 0.1) is 5.41 Å². The molecular weight excluding hydrogens is 238 g/mol. The lowest BCUT2D eigenvalue weighted by molar-refractivity contribution is 0.164. The smallest absolute Gasteiger partial charge is 0.120 e. The average Bonchev–Trinajstić information content (AvgIpc) is 2.65. The lowest BCUT2D eigenvalue weighted by atomic mass is 9.88. The lowest BCUT2D eigenvalue weighted by Crippen LogP contribution is -2.42. The standard InChI is InChI=1S/C16H25NO2/c1-4-11-18-12-5-7-13(8-6-12)19-14-9-10-16(2,3)15(14)17/h5-8,14-15H,4,9-11,17H2,1-3H3. The minimum Gasteiger partial charge on any atom is -0.494 e. The van der Waals surface area contributed by atoms with Crippen molar-refractivity contribution in [1.29, 1.82) is 0 Å². The third-order valence-corrected chi connectivity index (χ3v) is 3.96. The van der Waals surface area contributed by atoms with Crippen LogP contribution in [0.3, 0.4) is 0 Å². The van der Waals surface area contributed by atoms with Gasteiger partial charge < -0.3 is 15.2 Å². The molecule has 1 aliphatic carbocycles. The Kier molecular flexibility index (Phi) is 4.35. The van der Waals surface area contributed by atoms with Gasteiger partial charge in [0.05, 0.1) is 6.61 Å². The highest BCUT2D eigenvalue weighted by Gasteiger charge is 2.40. The first kappa shape index (κ1) is 14.2. The summed E-state index contributed by atoms with van der Waals surface area (Å²) in [6.07, 6.45) is 3.29. The van der Waals surface area contributed by atoms with Gasteiger partial charge in [0, 0.05) is 6.04 Å². The van der Waals surface area contributed by atoms with E-state index < -0.39 is 0 Å². The van der Waals surface area contributed by atoms with Gasteiger partial charge in [-0.15, -0.1) is 0 Å². The maximum absolute atomic E-state index is 6.25. The van der Waals surface area contributed by atoms with Crippen molar-refractivity contribution in [3.05, 3.63) is 24.3 Å². The second kappa shape index (κ2) is 5.83. The molecule has 0 amide bonds. The van der Waals surface area contributed by atoms with E-state index in [9.17, 15) is 0 Å². The molecule has 2 unspecified atom stereocenters. The predicted octanol–water partition coefficient (Wildman–Crippen LogP) is 3.37. The maximum Gasteiger partial charge on any atom is 0.120 e. The van der Waals surface area contributed by atoms with Gasteiger partial charge in [0.25, 0.3) is 0 Å². The molecule has 2 N–H and O–H groups in total. The monoisotopic (exact) mass is 263 g/mol. The topological polar surface area (TPSA) is 44.5 Å². The fourth-order valence-corrected chi connectivity index (χ4v) is 2.51. The van der Waals surface area contributed by atoms with Gasteiger partial charge >= 0.3 is 0 Å². The van der Waals surface area contributed by atoms with Crippen molar-refractivity contribution in [3.8, 4) is 11.5 Å². The van der Waals surface area contributed by atoms with E-state index in [4.69, 9.17) is 15.2 Å². The van der Waals surface area contributed by atoms with E-state index in [0.717, 1.165) is 37.4 Å². The number of ether oxygens (including phenoxy) is 2. The number of benzene rings is 1. The van der Waals surface area contributed by atoms with Gasteiger partial charge in [-0.3, -0.25) is 0 Å². The summed E-state index contributed by atoms with van der Waals surface area (Å²) < 4.78 is 11.6. The summed E-state index contributed by atoms with van der Waals surface area (Å²) in [5, 5.41) is 0. The van der Waals surface area contributed by atoms with Crippen molar-refractivity contribution >= 4 is 0 Å². The lowest BCUT2D eigenvalue weighted by Gasteiger charge is -2.27. The first-order valence-electron chi connectivity index (χ1n) is 7.18. The van der Waals surface area contributed by atoms with Crippen LogP contribution < -0.4 is 15.2 Å². The summed E-state index contributed by atoms with van der Waals surface area (Å²) in [4.78, 5) is 0. The van der Waals surface area contributed by atoms with Crippen molar-refractivity contribution in [2.24, 2.45) is 11.1 Å². The molecule has 1 aromatic carbocycles. The highest BCUT2D eigenvalue weighted by Crippen LogP contribution is 2.38. The average molecular weight is 263 g/mol. The fourth-order valence-electron chi connectivity index (χ4n) is 2.51. The Morgan fingerprint density at radius 3 is 2.37 bits per heavy atom. The first-order chi connectivity index (χ1) is 9.03. The molecule has 3 nitrogen and oxygen atoms in total. The van der Waals surface area contributed by atoms with Crippen LogP contribution in [0.5, 0.6) is 11.5 Å². The minimum atomic E-state index is 0.100. The van der Waals surface area contributed by atoms with Crippen molar-refractivity contribution in [1.82, 2.24) is 0 Å². The molecule has 2 rings (SSSR count). The van der Waals surface area contributed by atoms with Crippen LogP contribution in [0.25, 0.3) is 0 Å². The molecule has 1 aromatic rings. The molecule has 0 aromatic heterocycles. The molecule has 0 heterocycles. The summed E-state index contributed by atoms with van der Waals surface area (Å²) in [5.41, 5.74) is 6.43. The van der Waals surface area contributed by atoms with Gasteiger partial charge in [-0.2, -0.15) is 0 Å². The van der Waals surface area contributed by atoms with E-state index in [-0.39, 0.29) is 17.6 Å². The molecule has 0 saturated heterocycles. The molecule has 1 saturated carbocycles. The van der Waals surface area contributed by atoms with E-state index in [1.807, 2.05) is 24.3 Å². The van der Waals surface area contributed by atoms with E-state index in [1.54, 1.807) is 0 Å². The Bertz CT molecular complexity index is 400. The summed E-state index contributed by atoms with van der Waals surface area (Å²) in [7, 11) is 0. The highest BCUT2D eigenvalue weighted by molar-refractivity contribution is 5.31. The third kappa shape index (κ3) is 3.41. The van der Waals surface area contributed by atoms with Crippen LogP contribution in [-0.4, -0.2) is 18.8 Å². The van der Waals surface area contributed by atoms with E-state index in [2.05, 4.69) is 20.8 Å². The molecule has 3 heteroatoms. The molecular formula is C16H25NO2. The van der Waals surface area contributed by atoms with Crippen LogP contribution in [0.1, 0.15) is 40.0 Å². The minimum absolute atomic E-state index is 0.100. The molecule has 2 atom stereocenters. The van der Waals surface area contributed by atoms with E-state index in [0.29, 0.717) is 0 Å². The molecule has 1 fully saturated rings. The van der Waals surface area contributed by atoms with Gasteiger partial charge in [-0.05, 0) is 48.9 Å². The van der Waals surface area contributed by atoms with Gasteiger partial charge in [-0.25, -0.2) is 0 Å². The Morgan fingerprint density at radius 2 is 1.84 bits per heavy atom. The Labute approximate surface area is 116 Å². The zero-order valence-electron chi connectivity index (χ0n) is 12.2. The van der Waals surface area contributed by atoms with Crippen LogP contribution in [0.4, 0.5) is 0 Å². The Morgan fingerprint density at radius 1 is 1.21 bits per heavy atom. The highest BCUT2D eigenvalue weighted by atomic mass is 16.5.